The first-order valence-corrected chi connectivity index (χ1v) is 7.88. The Morgan fingerprint density at radius 1 is 1.10 bits per heavy atom. The van der Waals surface area contributed by atoms with Gasteiger partial charge in [-0.15, -0.1) is 0 Å². The summed E-state index contributed by atoms with van der Waals surface area (Å²) in [4.78, 5) is 11.9. The molecule has 4 nitrogen and oxygen atoms in total. The second-order valence-corrected chi connectivity index (χ2v) is 5.67. The van der Waals surface area contributed by atoms with E-state index in [9.17, 15) is 4.79 Å². The van der Waals surface area contributed by atoms with Crippen molar-refractivity contribution in [2.45, 2.75) is 53.1 Å². The van der Waals surface area contributed by atoms with E-state index in [4.69, 9.17) is 0 Å². The Labute approximate surface area is 128 Å². The van der Waals surface area contributed by atoms with Gasteiger partial charge in [-0.3, -0.25) is 0 Å². The lowest BCUT2D eigenvalue weighted by Gasteiger charge is -2.20. The summed E-state index contributed by atoms with van der Waals surface area (Å²) in [7, 11) is 0. The Balaban J connectivity index is 2.53. The molecule has 0 aliphatic rings. The van der Waals surface area contributed by atoms with Crippen LogP contribution in [0, 0.1) is 5.92 Å². The Morgan fingerprint density at radius 2 is 1.71 bits per heavy atom. The minimum atomic E-state index is -0.143. The third kappa shape index (κ3) is 5.76. The van der Waals surface area contributed by atoms with Crippen LogP contribution in [0.15, 0.2) is 24.3 Å². The predicted molar refractivity (Wildman–Crippen MR) is 89.6 cm³/mol. The number of amides is 2. The number of nitrogens with one attached hydrogen (secondary N) is 3. The number of anilines is 1. The van der Waals surface area contributed by atoms with E-state index in [-0.39, 0.29) is 12.1 Å². The van der Waals surface area contributed by atoms with Gasteiger partial charge in [0.1, 0.15) is 0 Å². The van der Waals surface area contributed by atoms with Crippen molar-refractivity contribution < 1.29 is 4.79 Å². The number of hydrogen-bond acceptors (Lipinski definition) is 2. The minimum Gasteiger partial charge on any atom is -0.335 e. The molecule has 1 rings (SSSR count). The lowest BCUT2D eigenvalue weighted by atomic mass is 10.0. The normalized spacial score (nSPS) is 15.1. The molecule has 21 heavy (non-hydrogen) atoms. The maximum absolute atomic E-state index is 11.9. The van der Waals surface area contributed by atoms with Crippen LogP contribution in [-0.4, -0.2) is 18.6 Å². The van der Waals surface area contributed by atoms with Crippen molar-refractivity contribution in [3.05, 3.63) is 29.8 Å². The van der Waals surface area contributed by atoms with E-state index in [0.29, 0.717) is 12.0 Å². The van der Waals surface area contributed by atoms with Gasteiger partial charge in [-0.05, 0) is 44.0 Å². The molecule has 4 heteroatoms. The lowest BCUT2D eigenvalue weighted by molar-refractivity contribution is 0.244. The summed E-state index contributed by atoms with van der Waals surface area (Å²) >= 11 is 0. The molecule has 1 aromatic carbocycles. The van der Waals surface area contributed by atoms with Crippen LogP contribution in [0.3, 0.4) is 0 Å². The summed E-state index contributed by atoms with van der Waals surface area (Å²) < 4.78 is 0. The number of carbonyl (C=O) groups excluding carboxylic acids is 1. The highest BCUT2D eigenvalue weighted by atomic mass is 16.2. The second-order valence-electron chi connectivity index (χ2n) is 5.67. The summed E-state index contributed by atoms with van der Waals surface area (Å²) in [6, 6.07) is 8.32. The smallest absolute Gasteiger partial charge is 0.319 e. The number of urea groups is 1. The van der Waals surface area contributed by atoms with E-state index in [0.717, 1.165) is 18.7 Å². The molecule has 3 unspecified atom stereocenters. The van der Waals surface area contributed by atoms with E-state index in [1.165, 1.54) is 5.56 Å². The summed E-state index contributed by atoms with van der Waals surface area (Å²) in [5.74, 6) is 0.471. The highest BCUT2D eigenvalue weighted by molar-refractivity contribution is 5.89. The number of rotatable bonds is 7. The zero-order valence-corrected chi connectivity index (χ0v) is 13.9. The fourth-order valence-electron chi connectivity index (χ4n) is 2.15. The zero-order chi connectivity index (χ0) is 15.8. The molecule has 3 atom stereocenters. The predicted octanol–water partition coefficient (Wildman–Crippen LogP) is 3.91. The molecule has 0 saturated heterocycles. The van der Waals surface area contributed by atoms with Crippen LogP contribution in [0.25, 0.3) is 0 Å². The van der Waals surface area contributed by atoms with Crippen molar-refractivity contribution in [2.24, 2.45) is 5.92 Å². The van der Waals surface area contributed by atoms with Gasteiger partial charge in [0.25, 0.3) is 0 Å². The quantitative estimate of drug-likeness (QED) is 0.713. The molecule has 0 spiro atoms. The molecule has 1 aromatic rings. The van der Waals surface area contributed by atoms with Crippen LogP contribution in [0.5, 0.6) is 0 Å². The first-order valence-electron chi connectivity index (χ1n) is 7.88. The molecule has 0 radical (unpaired) electrons. The molecular formula is C17H29N3O. The van der Waals surface area contributed by atoms with Gasteiger partial charge in [0, 0.05) is 17.8 Å². The summed E-state index contributed by atoms with van der Waals surface area (Å²) in [5, 5.41) is 9.22. The van der Waals surface area contributed by atoms with Gasteiger partial charge in [-0.1, -0.05) is 39.3 Å². The van der Waals surface area contributed by atoms with Crippen molar-refractivity contribution >= 4 is 11.7 Å². The number of benzene rings is 1. The van der Waals surface area contributed by atoms with Crippen LogP contribution in [-0.2, 0) is 0 Å². The molecule has 0 aliphatic heterocycles. The standard InChI is InChI=1S/C17H29N3O/c1-6-12(3)13(4)19-17(21)20-16-10-8-15(9-11-16)14(5)18-7-2/h8-14,18H,6-7H2,1-5H3,(H2,19,20,21). The summed E-state index contributed by atoms with van der Waals surface area (Å²) in [6.45, 7) is 11.5. The molecule has 0 heterocycles. The Bertz CT molecular complexity index is 430. The van der Waals surface area contributed by atoms with E-state index < -0.39 is 0 Å². The lowest BCUT2D eigenvalue weighted by Crippen LogP contribution is -2.39. The molecular weight excluding hydrogens is 262 g/mol. The second kappa shape index (κ2) is 8.67. The first-order chi connectivity index (χ1) is 9.97. The SMILES string of the molecule is CCNC(C)c1ccc(NC(=O)NC(C)C(C)CC)cc1. The Hall–Kier alpha value is -1.55. The van der Waals surface area contributed by atoms with Crippen LogP contribution in [0.1, 0.15) is 52.6 Å². The van der Waals surface area contributed by atoms with Crippen molar-refractivity contribution in [1.29, 1.82) is 0 Å². The average Bonchev–Trinajstić information content (AvgIpc) is 2.47. The van der Waals surface area contributed by atoms with E-state index >= 15 is 0 Å². The summed E-state index contributed by atoms with van der Waals surface area (Å²) in [5.41, 5.74) is 2.03. The average molecular weight is 291 g/mol. The number of carbonyl (C=O) groups is 1. The molecule has 0 bridgehead atoms. The monoisotopic (exact) mass is 291 g/mol. The number of hydrogen-bond donors (Lipinski definition) is 3. The Morgan fingerprint density at radius 3 is 2.24 bits per heavy atom. The van der Waals surface area contributed by atoms with Crippen molar-refractivity contribution in [3.63, 3.8) is 0 Å². The largest absolute Gasteiger partial charge is 0.335 e. The molecule has 0 fully saturated rings. The molecule has 0 saturated carbocycles. The van der Waals surface area contributed by atoms with E-state index in [1.54, 1.807) is 0 Å². The van der Waals surface area contributed by atoms with E-state index in [2.05, 4.69) is 43.6 Å². The third-order valence-corrected chi connectivity index (χ3v) is 4.04. The van der Waals surface area contributed by atoms with Crippen molar-refractivity contribution in [3.8, 4) is 0 Å². The minimum absolute atomic E-state index is 0.143. The highest BCUT2D eigenvalue weighted by Crippen LogP contribution is 2.16. The van der Waals surface area contributed by atoms with E-state index in [1.807, 2.05) is 31.2 Å². The van der Waals surface area contributed by atoms with Crippen LogP contribution in [0.4, 0.5) is 10.5 Å². The highest BCUT2D eigenvalue weighted by Gasteiger charge is 2.13. The molecule has 118 valence electrons. The fourth-order valence-corrected chi connectivity index (χ4v) is 2.15. The molecule has 0 aliphatic carbocycles. The molecule has 0 aromatic heterocycles. The topological polar surface area (TPSA) is 53.2 Å². The third-order valence-electron chi connectivity index (χ3n) is 4.04. The van der Waals surface area contributed by atoms with Gasteiger partial charge < -0.3 is 16.0 Å². The fraction of sp³-hybridized carbons (Fsp3) is 0.588. The maximum Gasteiger partial charge on any atom is 0.319 e. The van der Waals surface area contributed by atoms with Crippen molar-refractivity contribution in [2.75, 3.05) is 11.9 Å². The van der Waals surface area contributed by atoms with Gasteiger partial charge in [-0.2, -0.15) is 0 Å². The van der Waals surface area contributed by atoms with Crippen molar-refractivity contribution in [1.82, 2.24) is 10.6 Å². The van der Waals surface area contributed by atoms with Crippen LogP contribution < -0.4 is 16.0 Å². The first kappa shape index (κ1) is 17.5. The van der Waals surface area contributed by atoms with Crippen LogP contribution >= 0.6 is 0 Å². The summed E-state index contributed by atoms with van der Waals surface area (Å²) in [6.07, 6.45) is 1.05. The van der Waals surface area contributed by atoms with Gasteiger partial charge >= 0.3 is 6.03 Å². The molecule has 3 N–H and O–H groups in total. The van der Waals surface area contributed by atoms with Crippen LogP contribution in [0.2, 0.25) is 0 Å². The molecule has 2 amide bonds. The van der Waals surface area contributed by atoms with Gasteiger partial charge in [-0.25, -0.2) is 4.79 Å². The van der Waals surface area contributed by atoms with Gasteiger partial charge in [0.05, 0.1) is 0 Å². The zero-order valence-electron chi connectivity index (χ0n) is 13.9. The maximum atomic E-state index is 11.9. The van der Waals surface area contributed by atoms with Gasteiger partial charge in [0.2, 0.25) is 0 Å². The Kier molecular flexibility index (Phi) is 7.23. The van der Waals surface area contributed by atoms with Gasteiger partial charge in [0.15, 0.2) is 0 Å².